The van der Waals surface area contributed by atoms with Crippen molar-refractivity contribution in [2.45, 2.75) is 82.4 Å². The maximum absolute atomic E-state index is 14.2. The summed E-state index contributed by atoms with van der Waals surface area (Å²) in [4.78, 5) is 0. The molecule has 148 valence electrons. The van der Waals surface area contributed by atoms with Gasteiger partial charge < -0.3 is 4.74 Å². The van der Waals surface area contributed by atoms with E-state index >= 15 is 0 Å². The Morgan fingerprint density at radius 2 is 1.32 bits per heavy atom. The van der Waals surface area contributed by atoms with E-state index < -0.39 is 36.9 Å². The fourth-order valence-corrected chi connectivity index (χ4v) is 3.89. The van der Waals surface area contributed by atoms with Crippen molar-refractivity contribution in [3.8, 4) is 0 Å². The van der Waals surface area contributed by atoms with Crippen molar-refractivity contribution in [1.29, 1.82) is 0 Å². The zero-order valence-electron chi connectivity index (χ0n) is 13.7. The Kier molecular flexibility index (Phi) is 6.27. The zero-order valence-corrected chi connectivity index (χ0v) is 13.7. The van der Waals surface area contributed by atoms with Crippen molar-refractivity contribution >= 4 is 0 Å². The Balaban J connectivity index is 1.98. The van der Waals surface area contributed by atoms with E-state index in [1.807, 2.05) is 0 Å². The van der Waals surface area contributed by atoms with Crippen molar-refractivity contribution in [2.24, 2.45) is 17.8 Å². The Labute approximate surface area is 141 Å². The second-order valence-electron chi connectivity index (χ2n) is 7.33. The van der Waals surface area contributed by atoms with Crippen LogP contribution in [0.15, 0.2) is 0 Å². The lowest BCUT2D eigenvalue weighted by Crippen LogP contribution is -2.52. The minimum atomic E-state index is -5.88. The van der Waals surface area contributed by atoms with Gasteiger partial charge in [0.05, 0.1) is 0 Å². The van der Waals surface area contributed by atoms with E-state index in [2.05, 4.69) is 11.7 Å². The molecular weight excluding hydrogens is 360 g/mol. The SMILES string of the molecule is CC1CCC(C2CC(F)C(OC(F)(F)C(F)C(F)(F)F)C(F)C2)CC1. The summed E-state index contributed by atoms with van der Waals surface area (Å²) in [5.41, 5.74) is 0. The fourth-order valence-electron chi connectivity index (χ4n) is 3.89. The maximum Gasteiger partial charge on any atom is 0.428 e. The van der Waals surface area contributed by atoms with Crippen LogP contribution in [-0.2, 0) is 4.74 Å². The van der Waals surface area contributed by atoms with Gasteiger partial charge in [0, 0.05) is 0 Å². The smallest absolute Gasteiger partial charge is 0.308 e. The van der Waals surface area contributed by atoms with E-state index in [0.717, 1.165) is 25.7 Å². The first-order valence-corrected chi connectivity index (χ1v) is 8.46. The van der Waals surface area contributed by atoms with Crippen LogP contribution >= 0.6 is 0 Å². The lowest BCUT2D eigenvalue weighted by Gasteiger charge is -2.41. The van der Waals surface area contributed by atoms with Gasteiger partial charge >= 0.3 is 12.3 Å². The van der Waals surface area contributed by atoms with Gasteiger partial charge in [-0.1, -0.05) is 19.8 Å². The Morgan fingerprint density at radius 1 is 0.840 bits per heavy atom. The number of hydrogen-bond donors (Lipinski definition) is 0. The molecule has 3 unspecified atom stereocenters. The third-order valence-corrected chi connectivity index (χ3v) is 5.37. The summed E-state index contributed by atoms with van der Waals surface area (Å²) in [5.74, 6) is 0.230. The summed E-state index contributed by atoms with van der Waals surface area (Å²) < 4.78 is 108. The molecule has 0 saturated heterocycles. The molecule has 0 spiro atoms. The molecule has 0 amide bonds. The third-order valence-electron chi connectivity index (χ3n) is 5.37. The van der Waals surface area contributed by atoms with Gasteiger partial charge in [0.15, 0.2) is 0 Å². The summed E-state index contributed by atoms with van der Waals surface area (Å²) in [6, 6.07) is 0. The lowest BCUT2D eigenvalue weighted by molar-refractivity contribution is -0.359. The topological polar surface area (TPSA) is 9.23 Å². The molecule has 0 aromatic carbocycles. The highest BCUT2D eigenvalue weighted by molar-refractivity contribution is 4.92. The van der Waals surface area contributed by atoms with Gasteiger partial charge in [-0.2, -0.15) is 22.0 Å². The van der Waals surface area contributed by atoms with Gasteiger partial charge in [-0.3, -0.25) is 0 Å². The minimum absolute atomic E-state index is 0.0678. The third kappa shape index (κ3) is 4.98. The van der Waals surface area contributed by atoms with Gasteiger partial charge in [-0.15, -0.1) is 0 Å². The van der Waals surface area contributed by atoms with E-state index in [9.17, 15) is 35.1 Å². The van der Waals surface area contributed by atoms with Crippen LogP contribution in [0.25, 0.3) is 0 Å². The largest absolute Gasteiger partial charge is 0.428 e. The number of rotatable bonds is 4. The molecular formula is C16H22F8O. The normalized spacial score (nSPS) is 39.2. The van der Waals surface area contributed by atoms with Crippen LogP contribution in [0.1, 0.15) is 45.4 Å². The zero-order chi connectivity index (χ0) is 19.0. The number of halogens is 8. The molecule has 2 fully saturated rings. The predicted molar refractivity (Wildman–Crippen MR) is 74.4 cm³/mol. The van der Waals surface area contributed by atoms with Crippen molar-refractivity contribution < 1.29 is 39.9 Å². The standard InChI is InChI=1S/C16H22F8O/c1-8-2-4-9(5-3-8)10-6-11(17)13(12(18)7-10)25-16(23,24)14(19)15(20,21)22/h8-14H,2-7H2,1H3. The van der Waals surface area contributed by atoms with Crippen LogP contribution in [0.3, 0.4) is 0 Å². The van der Waals surface area contributed by atoms with Gasteiger partial charge in [0.1, 0.15) is 18.4 Å². The van der Waals surface area contributed by atoms with E-state index in [-0.39, 0.29) is 24.7 Å². The highest BCUT2D eigenvalue weighted by atomic mass is 19.4. The molecule has 0 aliphatic heterocycles. The monoisotopic (exact) mass is 382 g/mol. The Morgan fingerprint density at radius 3 is 1.76 bits per heavy atom. The van der Waals surface area contributed by atoms with Crippen LogP contribution < -0.4 is 0 Å². The average Bonchev–Trinajstić information content (AvgIpc) is 2.50. The molecule has 2 aliphatic carbocycles. The first kappa shape index (κ1) is 20.7. The molecule has 0 aromatic rings. The summed E-state index contributed by atoms with van der Waals surface area (Å²) in [7, 11) is 0. The van der Waals surface area contributed by atoms with E-state index in [4.69, 9.17) is 0 Å². The highest BCUT2D eigenvalue weighted by Crippen LogP contribution is 2.44. The molecule has 25 heavy (non-hydrogen) atoms. The molecule has 0 bridgehead atoms. The second-order valence-corrected chi connectivity index (χ2v) is 7.33. The van der Waals surface area contributed by atoms with Crippen molar-refractivity contribution in [1.82, 2.24) is 0 Å². The maximum atomic E-state index is 14.2. The minimum Gasteiger partial charge on any atom is -0.308 e. The van der Waals surface area contributed by atoms with Crippen molar-refractivity contribution in [2.75, 3.05) is 0 Å². The second kappa shape index (κ2) is 7.56. The molecule has 0 heterocycles. The number of alkyl halides is 8. The molecule has 0 aromatic heterocycles. The summed E-state index contributed by atoms with van der Waals surface area (Å²) in [5, 5.41) is 0. The molecule has 2 rings (SSSR count). The van der Waals surface area contributed by atoms with Crippen molar-refractivity contribution in [3.63, 3.8) is 0 Å². The van der Waals surface area contributed by atoms with Crippen LogP contribution in [0.2, 0.25) is 0 Å². The molecule has 9 heteroatoms. The molecule has 2 aliphatic rings. The van der Waals surface area contributed by atoms with Gasteiger partial charge in [-0.25, -0.2) is 13.2 Å². The van der Waals surface area contributed by atoms with Crippen LogP contribution in [-0.4, -0.2) is 36.9 Å². The fraction of sp³-hybridized carbons (Fsp3) is 1.00. The summed E-state index contributed by atoms with van der Waals surface area (Å²) in [6.07, 6.45) is -19.7. The average molecular weight is 382 g/mol. The number of hydrogen-bond acceptors (Lipinski definition) is 1. The lowest BCUT2D eigenvalue weighted by atomic mass is 9.70. The quantitative estimate of drug-likeness (QED) is 0.561. The summed E-state index contributed by atoms with van der Waals surface area (Å²) in [6.45, 7) is 2.08. The number of ether oxygens (including phenoxy) is 1. The van der Waals surface area contributed by atoms with E-state index in [1.165, 1.54) is 0 Å². The molecule has 1 nitrogen and oxygen atoms in total. The Bertz CT molecular complexity index is 420. The first-order valence-electron chi connectivity index (χ1n) is 8.46. The summed E-state index contributed by atoms with van der Waals surface area (Å²) >= 11 is 0. The molecule has 0 radical (unpaired) electrons. The Hall–Kier alpha value is -0.600. The molecule has 3 atom stereocenters. The van der Waals surface area contributed by atoms with E-state index in [1.54, 1.807) is 0 Å². The van der Waals surface area contributed by atoms with Crippen LogP contribution in [0, 0.1) is 17.8 Å². The predicted octanol–water partition coefficient (Wildman–Crippen LogP) is 5.78. The van der Waals surface area contributed by atoms with Crippen LogP contribution in [0.4, 0.5) is 35.1 Å². The van der Waals surface area contributed by atoms with Gasteiger partial charge in [0.2, 0.25) is 0 Å². The van der Waals surface area contributed by atoms with Crippen LogP contribution in [0.5, 0.6) is 0 Å². The van der Waals surface area contributed by atoms with Crippen molar-refractivity contribution in [3.05, 3.63) is 0 Å². The van der Waals surface area contributed by atoms with E-state index in [0.29, 0.717) is 5.92 Å². The molecule has 2 saturated carbocycles. The first-order chi connectivity index (χ1) is 11.4. The molecule has 0 N–H and O–H groups in total. The van der Waals surface area contributed by atoms with Gasteiger partial charge in [0.25, 0.3) is 6.17 Å². The van der Waals surface area contributed by atoms with Gasteiger partial charge in [-0.05, 0) is 43.4 Å². The highest BCUT2D eigenvalue weighted by Gasteiger charge is 2.60.